The molecular formula is C18H22ClNO. The van der Waals surface area contributed by atoms with Crippen molar-refractivity contribution in [2.45, 2.75) is 25.4 Å². The Labute approximate surface area is 131 Å². The van der Waals surface area contributed by atoms with Gasteiger partial charge in [-0.3, -0.25) is 0 Å². The Morgan fingerprint density at radius 3 is 2.48 bits per heavy atom. The van der Waals surface area contributed by atoms with Gasteiger partial charge in [-0.25, -0.2) is 0 Å². The molecule has 1 atom stereocenters. The average molecular weight is 304 g/mol. The lowest BCUT2D eigenvalue weighted by Gasteiger charge is -2.12. The fourth-order valence-electron chi connectivity index (χ4n) is 2.27. The Balaban J connectivity index is 1.60. The first-order chi connectivity index (χ1) is 10.2. The summed E-state index contributed by atoms with van der Waals surface area (Å²) in [5.41, 5.74) is 2.49. The summed E-state index contributed by atoms with van der Waals surface area (Å²) in [4.78, 5) is 0. The van der Waals surface area contributed by atoms with Crippen molar-refractivity contribution in [2.75, 3.05) is 13.1 Å². The van der Waals surface area contributed by atoms with Gasteiger partial charge in [0, 0.05) is 11.6 Å². The van der Waals surface area contributed by atoms with E-state index in [0.29, 0.717) is 6.54 Å². The highest BCUT2D eigenvalue weighted by molar-refractivity contribution is 6.30. The zero-order valence-electron chi connectivity index (χ0n) is 12.1. The summed E-state index contributed by atoms with van der Waals surface area (Å²) in [5.74, 6) is 0. The van der Waals surface area contributed by atoms with Crippen molar-refractivity contribution in [3.63, 3.8) is 0 Å². The maximum Gasteiger partial charge on any atom is 0.0667 e. The Hall–Kier alpha value is -1.35. The molecule has 3 heteroatoms. The second-order valence-electron chi connectivity index (χ2n) is 5.26. The van der Waals surface area contributed by atoms with E-state index < -0.39 is 0 Å². The van der Waals surface area contributed by atoms with Gasteiger partial charge >= 0.3 is 0 Å². The molecule has 0 saturated heterocycles. The average Bonchev–Trinajstić information content (AvgIpc) is 2.51. The van der Waals surface area contributed by atoms with Gasteiger partial charge in [0.15, 0.2) is 0 Å². The highest BCUT2D eigenvalue weighted by Crippen LogP contribution is 2.10. The van der Waals surface area contributed by atoms with Crippen LogP contribution in [-0.4, -0.2) is 24.3 Å². The molecule has 0 bridgehead atoms. The van der Waals surface area contributed by atoms with E-state index in [4.69, 9.17) is 11.6 Å². The summed E-state index contributed by atoms with van der Waals surface area (Å²) < 4.78 is 0. The quantitative estimate of drug-likeness (QED) is 0.732. The second-order valence-corrected chi connectivity index (χ2v) is 5.70. The van der Waals surface area contributed by atoms with E-state index in [-0.39, 0.29) is 6.10 Å². The molecule has 0 spiro atoms. The zero-order chi connectivity index (χ0) is 14.9. The summed E-state index contributed by atoms with van der Waals surface area (Å²) in [6, 6.07) is 18.2. The second kappa shape index (κ2) is 8.83. The van der Waals surface area contributed by atoms with Gasteiger partial charge in [0.1, 0.15) is 0 Å². The minimum atomic E-state index is -0.301. The Morgan fingerprint density at radius 1 is 0.952 bits per heavy atom. The van der Waals surface area contributed by atoms with Crippen LogP contribution in [0.3, 0.4) is 0 Å². The molecule has 0 saturated carbocycles. The predicted octanol–water partition coefficient (Wildman–Crippen LogP) is 3.47. The molecule has 112 valence electrons. The molecule has 0 amide bonds. The van der Waals surface area contributed by atoms with Gasteiger partial charge in [-0.05, 0) is 49.1 Å². The van der Waals surface area contributed by atoms with Gasteiger partial charge in [0.2, 0.25) is 0 Å². The summed E-state index contributed by atoms with van der Waals surface area (Å²) >= 11 is 5.95. The van der Waals surface area contributed by atoms with E-state index in [0.717, 1.165) is 30.8 Å². The maximum absolute atomic E-state index is 9.97. The molecule has 0 fully saturated rings. The van der Waals surface area contributed by atoms with E-state index >= 15 is 0 Å². The number of aliphatic hydroxyl groups is 1. The van der Waals surface area contributed by atoms with Crippen LogP contribution in [0.2, 0.25) is 5.02 Å². The first kappa shape index (κ1) is 16.0. The number of hydrogen-bond donors (Lipinski definition) is 2. The van der Waals surface area contributed by atoms with Gasteiger partial charge in [-0.1, -0.05) is 54.1 Å². The van der Waals surface area contributed by atoms with E-state index in [1.807, 2.05) is 36.4 Å². The summed E-state index contributed by atoms with van der Waals surface area (Å²) in [5, 5.41) is 14.0. The van der Waals surface area contributed by atoms with Crippen LogP contribution >= 0.6 is 11.6 Å². The smallest absolute Gasteiger partial charge is 0.0667 e. The first-order valence-corrected chi connectivity index (χ1v) is 7.79. The van der Waals surface area contributed by atoms with Gasteiger partial charge < -0.3 is 10.4 Å². The van der Waals surface area contributed by atoms with Crippen LogP contribution in [0.5, 0.6) is 0 Å². The molecule has 0 aliphatic carbocycles. The topological polar surface area (TPSA) is 32.3 Å². The van der Waals surface area contributed by atoms with Crippen LogP contribution in [0.15, 0.2) is 54.6 Å². The number of benzene rings is 2. The van der Waals surface area contributed by atoms with Gasteiger partial charge in [0.25, 0.3) is 0 Å². The van der Waals surface area contributed by atoms with E-state index in [1.165, 1.54) is 11.1 Å². The van der Waals surface area contributed by atoms with Crippen LogP contribution in [-0.2, 0) is 12.8 Å². The number of nitrogens with one attached hydrogen (secondary N) is 1. The number of aryl methyl sites for hydroxylation is 1. The molecular weight excluding hydrogens is 282 g/mol. The van der Waals surface area contributed by atoms with E-state index in [2.05, 4.69) is 23.5 Å². The molecule has 2 aromatic rings. The van der Waals surface area contributed by atoms with E-state index in [1.54, 1.807) is 0 Å². The van der Waals surface area contributed by atoms with Crippen LogP contribution in [0.1, 0.15) is 17.5 Å². The van der Waals surface area contributed by atoms with Crippen LogP contribution in [0.25, 0.3) is 0 Å². The summed E-state index contributed by atoms with van der Waals surface area (Å²) in [6.07, 6.45) is 2.32. The molecule has 0 radical (unpaired) electrons. The lowest BCUT2D eigenvalue weighted by molar-refractivity contribution is 0.162. The molecule has 2 rings (SSSR count). The summed E-state index contributed by atoms with van der Waals surface area (Å²) in [7, 11) is 0. The third kappa shape index (κ3) is 6.30. The number of rotatable bonds is 8. The van der Waals surface area contributed by atoms with Crippen molar-refractivity contribution < 1.29 is 5.11 Å². The van der Waals surface area contributed by atoms with Gasteiger partial charge in [-0.2, -0.15) is 0 Å². The Bertz CT molecular complexity index is 530. The summed E-state index contributed by atoms with van der Waals surface area (Å²) in [6.45, 7) is 1.48. The van der Waals surface area contributed by atoms with Crippen LogP contribution < -0.4 is 5.32 Å². The number of halogens is 1. The molecule has 0 aromatic heterocycles. The van der Waals surface area contributed by atoms with Crippen molar-refractivity contribution >= 4 is 11.6 Å². The highest BCUT2D eigenvalue weighted by atomic mass is 35.5. The highest BCUT2D eigenvalue weighted by Gasteiger charge is 2.04. The van der Waals surface area contributed by atoms with Crippen molar-refractivity contribution in [3.8, 4) is 0 Å². The Kier molecular flexibility index (Phi) is 6.74. The van der Waals surface area contributed by atoms with Gasteiger partial charge in [0.05, 0.1) is 6.10 Å². The first-order valence-electron chi connectivity index (χ1n) is 7.41. The van der Waals surface area contributed by atoms with Crippen molar-refractivity contribution in [1.82, 2.24) is 5.32 Å². The molecule has 2 aromatic carbocycles. The van der Waals surface area contributed by atoms with Crippen molar-refractivity contribution in [3.05, 3.63) is 70.7 Å². The number of hydrogen-bond acceptors (Lipinski definition) is 2. The predicted molar refractivity (Wildman–Crippen MR) is 88.8 cm³/mol. The minimum absolute atomic E-state index is 0.301. The van der Waals surface area contributed by atoms with Gasteiger partial charge in [-0.15, -0.1) is 0 Å². The maximum atomic E-state index is 9.97. The lowest BCUT2D eigenvalue weighted by atomic mass is 10.1. The Morgan fingerprint density at radius 2 is 1.71 bits per heavy atom. The van der Waals surface area contributed by atoms with Crippen LogP contribution in [0, 0.1) is 0 Å². The normalized spacial score (nSPS) is 12.3. The van der Waals surface area contributed by atoms with E-state index in [9.17, 15) is 5.11 Å². The third-order valence-corrected chi connectivity index (χ3v) is 3.70. The SMILES string of the molecule is OC(CCc1ccccc1)CNCCc1cccc(Cl)c1. The fourth-order valence-corrected chi connectivity index (χ4v) is 2.49. The van der Waals surface area contributed by atoms with Crippen molar-refractivity contribution in [1.29, 1.82) is 0 Å². The fraction of sp³-hybridized carbons (Fsp3) is 0.333. The molecule has 1 unspecified atom stereocenters. The lowest BCUT2D eigenvalue weighted by Crippen LogP contribution is -2.28. The van der Waals surface area contributed by atoms with Crippen LogP contribution in [0.4, 0.5) is 0 Å². The number of aliphatic hydroxyl groups excluding tert-OH is 1. The standard InChI is InChI=1S/C18H22ClNO/c19-17-8-4-7-16(13-17)11-12-20-14-18(21)10-9-15-5-2-1-3-6-15/h1-8,13,18,20-21H,9-12,14H2. The molecule has 21 heavy (non-hydrogen) atoms. The molecule has 2 nitrogen and oxygen atoms in total. The minimum Gasteiger partial charge on any atom is -0.392 e. The molecule has 0 aliphatic heterocycles. The zero-order valence-corrected chi connectivity index (χ0v) is 12.9. The molecule has 2 N–H and O–H groups in total. The largest absolute Gasteiger partial charge is 0.392 e. The monoisotopic (exact) mass is 303 g/mol. The molecule has 0 aliphatic rings. The third-order valence-electron chi connectivity index (χ3n) is 3.47. The van der Waals surface area contributed by atoms with Crippen molar-refractivity contribution in [2.24, 2.45) is 0 Å². The molecule has 0 heterocycles.